The topological polar surface area (TPSA) is 36.0 Å². The number of likely N-dealkylation sites (tertiary alicyclic amines) is 3. The molecule has 1 aromatic carbocycles. The van der Waals surface area contributed by atoms with E-state index >= 15 is 0 Å². The second-order valence-corrected chi connectivity index (χ2v) is 9.76. The van der Waals surface area contributed by atoms with E-state index in [2.05, 4.69) is 45.0 Å². The van der Waals surface area contributed by atoms with Crippen LogP contribution < -0.4 is 0 Å². The van der Waals surface area contributed by atoms with Gasteiger partial charge in [-0.25, -0.2) is 0 Å². The van der Waals surface area contributed by atoms with Crippen LogP contribution in [0.5, 0.6) is 0 Å². The molecule has 3 fully saturated rings. The van der Waals surface area contributed by atoms with Crippen LogP contribution in [0, 0.1) is 5.92 Å². The molecule has 0 N–H and O–H groups in total. The highest BCUT2D eigenvalue weighted by Crippen LogP contribution is 2.26. The van der Waals surface area contributed by atoms with Crippen molar-refractivity contribution < 1.29 is 9.53 Å². The highest BCUT2D eigenvalue weighted by Gasteiger charge is 2.33. The minimum atomic E-state index is 0.227. The zero-order valence-corrected chi connectivity index (χ0v) is 19.4. The lowest BCUT2D eigenvalue weighted by Crippen LogP contribution is -2.51. The standard InChI is InChI=1S/C26H41N3O2/c1-31-25-10-6-16-29(21-25)26(30)23-11-19-28(20-12-23)24-13-17-27(18-14-24)15-5-9-22-7-3-2-4-8-22/h2-4,7-8,23-25H,5-6,9-21H2,1H3/t25-/m0/s1. The highest BCUT2D eigenvalue weighted by atomic mass is 16.5. The van der Waals surface area contributed by atoms with Gasteiger partial charge in [0.05, 0.1) is 6.10 Å². The molecule has 3 heterocycles. The molecule has 0 radical (unpaired) electrons. The smallest absolute Gasteiger partial charge is 0.225 e. The molecule has 5 nitrogen and oxygen atoms in total. The summed E-state index contributed by atoms with van der Waals surface area (Å²) in [6.45, 7) is 7.57. The maximum absolute atomic E-state index is 13.0. The van der Waals surface area contributed by atoms with Gasteiger partial charge in [-0.05, 0) is 89.7 Å². The summed E-state index contributed by atoms with van der Waals surface area (Å²) in [6.07, 6.45) is 9.46. The average Bonchev–Trinajstić information content (AvgIpc) is 2.85. The lowest BCUT2D eigenvalue weighted by Gasteiger charge is -2.42. The summed E-state index contributed by atoms with van der Waals surface area (Å²) >= 11 is 0. The highest BCUT2D eigenvalue weighted by molar-refractivity contribution is 5.79. The normalized spacial score (nSPS) is 25.1. The molecule has 4 rings (SSSR count). The number of ether oxygens (including phenoxy) is 1. The van der Waals surface area contributed by atoms with Crippen LogP contribution in [0.1, 0.15) is 50.5 Å². The molecule has 0 spiro atoms. The first-order valence-corrected chi connectivity index (χ1v) is 12.5. The van der Waals surface area contributed by atoms with Crippen molar-refractivity contribution >= 4 is 5.91 Å². The molecule has 3 aliphatic rings. The van der Waals surface area contributed by atoms with Gasteiger partial charge in [-0.3, -0.25) is 4.79 Å². The first kappa shape index (κ1) is 22.8. The van der Waals surface area contributed by atoms with Gasteiger partial charge in [0.25, 0.3) is 0 Å². The molecular formula is C26H41N3O2. The zero-order chi connectivity index (χ0) is 21.5. The van der Waals surface area contributed by atoms with Gasteiger partial charge in [0.15, 0.2) is 0 Å². The van der Waals surface area contributed by atoms with Crippen molar-refractivity contribution in [3.8, 4) is 0 Å². The summed E-state index contributed by atoms with van der Waals surface area (Å²) in [5.41, 5.74) is 1.46. The molecule has 0 saturated carbocycles. The zero-order valence-electron chi connectivity index (χ0n) is 19.4. The van der Waals surface area contributed by atoms with Crippen molar-refractivity contribution in [1.82, 2.24) is 14.7 Å². The van der Waals surface area contributed by atoms with Gasteiger partial charge >= 0.3 is 0 Å². The minimum Gasteiger partial charge on any atom is -0.380 e. The Morgan fingerprint density at radius 3 is 2.42 bits per heavy atom. The molecule has 0 bridgehead atoms. The van der Waals surface area contributed by atoms with E-state index in [1.807, 2.05) is 0 Å². The maximum Gasteiger partial charge on any atom is 0.225 e. The fraction of sp³-hybridized carbons (Fsp3) is 0.731. The van der Waals surface area contributed by atoms with Gasteiger partial charge in [0.1, 0.15) is 0 Å². The number of hydrogen-bond donors (Lipinski definition) is 0. The summed E-state index contributed by atoms with van der Waals surface area (Å²) in [5.74, 6) is 0.611. The maximum atomic E-state index is 13.0. The first-order valence-electron chi connectivity index (χ1n) is 12.5. The number of aryl methyl sites for hydroxylation is 1. The van der Waals surface area contributed by atoms with Crippen molar-refractivity contribution in [2.45, 2.75) is 63.5 Å². The van der Waals surface area contributed by atoms with E-state index in [0.29, 0.717) is 11.9 Å². The number of amides is 1. The molecule has 1 atom stereocenters. The van der Waals surface area contributed by atoms with E-state index in [1.54, 1.807) is 7.11 Å². The Labute approximate surface area is 188 Å². The summed E-state index contributed by atoms with van der Waals surface area (Å²) < 4.78 is 5.50. The number of hydrogen-bond acceptors (Lipinski definition) is 4. The van der Waals surface area contributed by atoms with Crippen LogP contribution in [0.2, 0.25) is 0 Å². The van der Waals surface area contributed by atoms with E-state index in [4.69, 9.17) is 4.74 Å². The van der Waals surface area contributed by atoms with Crippen LogP contribution in [0.3, 0.4) is 0 Å². The molecule has 1 amide bonds. The first-order chi connectivity index (χ1) is 15.2. The average molecular weight is 428 g/mol. The van der Waals surface area contributed by atoms with Gasteiger partial charge in [0, 0.05) is 32.2 Å². The van der Waals surface area contributed by atoms with E-state index in [0.717, 1.165) is 51.9 Å². The van der Waals surface area contributed by atoms with E-state index in [1.165, 1.54) is 50.9 Å². The van der Waals surface area contributed by atoms with Crippen LogP contribution in [0.4, 0.5) is 0 Å². The summed E-state index contributed by atoms with van der Waals surface area (Å²) in [5, 5.41) is 0. The van der Waals surface area contributed by atoms with Crippen molar-refractivity contribution in [3.63, 3.8) is 0 Å². The van der Waals surface area contributed by atoms with Crippen molar-refractivity contribution in [3.05, 3.63) is 35.9 Å². The third-order valence-electron chi connectivity index (χ3n) is 7.76. The molecule has 3 aliphatic heterocycles. The minimum absolute atomic E-state index is 0.227. The Balaban J connectivity index is 1.14. The molecule has 0 unspecified atom stereocenters. The van der Waals surface area contributed by atoms with Gasteiger partial charge in [-0.1, -0.05) is 30.3 Å². The molecule has 3 saturated heterocycles. The quantitative estimate of drug-likeness (QED) is 0.668. The van der Waals surface area contributed by atoms with E-state index in [-0.39, 0.29) is 12.0 Å². The van der Waals surface area contributed by atoms with Crippen LogP contribution >= 0.6 is 0 Å². The monoisotopic (exact) mass is 427 g/mol. The SMILES string of the molecule is CO[C@H]1CCCN(C(=O)C2CCN(C3CCN(CCCc4ccccc4)CC3)CC2)C1. The lowest BCUT2D eigenvalue weighted by atomic mass is 9.91. The van der Waals surface area contributed by atoms with Crippen molar-refractivity contribution in [2.24, 2.45) is 5.92 Å². The Hall–Kier alpha value is -1.43. The van der Waals surface area contributed by atoms with E-state index < -0.39 is 0 Å². The predicted octanol–water partition coefficient (Wildman–Crippen LogP) is 3.43. The van der Waals surface area contributed by atoms with Gasteiger partial charge in [0.2, 0.25) is 5.91 Å². The fourth-order valence-corrected chi connectivity index (χ4v) is 5.76. The summed E-state index contributed by atoms with van der Waals surface area (Å²) in [4.78, 5) is 20.4. The number of nitrogens with zero attached hydrogens (tertiary/aromatic N) is 3. The second kappa shape index (κ2) is 11.4. The van der Waals surface area contributed by atoms with Crippen LogP contribution in [-0.4, -0.2) is 85.7 Å². The molecule has 31 heavy (non-hydrogen) atoms. The van der Waals surface area contributed by atoms with Crippen LogP contribution in [-0.2, 0) is 16.0 Å². The van der Waals surface area contributed by atoms with Gasteiger partial charge < -0.3 is 19.4 Å². The second-order valence-electron chi connectivity index (χ2n) is 9.76. The third-order valence-corrected chi connectivity index (χ3v) is 7.76. The van der Waals surface area contributed by atoms with Crippen LogP contribution in [0.25, 0.3) is 0 Å². The summed E-state index contributed by atoms with van der Waals surface area (Å²) in [6, 6.07) is 11.6. The van der Waals surface area contributed by atoms with E-state index in [9.17, 15) is 4.79 Å². The van der Waals surface area contributed by atoms with Crippen molar-refractivity contribution in [1.29, 1.82) is 0 Å². The third kappa shape index (κ3) is 6.30. The number of piperidine rings is 3. The number of benzene rings is 1. The molecule has 5 heteroatoms. The Bertz CT molecular complexity index is 666. The number of carbonyl (C=O) groups excluding carboxylic acids is 1. The predicted molar refractivity (Wildman–Crippen MR) is 125 cm³/mol. The molecular weight excluding hydrogens is 386 g/mol. The van der Waals surface area contributed by atoms with Gasteiger partial charge in [-0.15, -0.1) is 0 Å². The largest absolute Gasteiger partial charge is 0.380 e. The molecule has 0 aromatic heterocycles. The molecule has 1 aromatic rings. The molecule has 172 valence electrons. The number of methoxy groups -OCH3 is 1. The molecule has 0 aliphatic carbocycles. The summed E-state index contributed by atoms with van der Waals surface area (Å²) in [7, 11) is 1.77. The lowest BCUT2D eigenvalue weighted by molar-refractivity contribution is -0.141. The Kier molecular flexibility index (Phi) is 8.40. The Morgan fingerprint density at radius 2 is 1.71 bits per heavy atom. The number of carbonyl (C=O) groups is 1. The fourth-order valence-electron chi connectivity index (χ4n) is 5.76. The van der Waals surface area contributed by atoms with Crippen LogP contribution in [0.15, 0.2) is 30.3 Å². The van der Waals surface area contributed by atoms with Gasteiger partial charge in [-0.2, -0.15) is 0 Å². The van der Waals surface area contributed by atoms with Crippen molar-refractivity contribution in [2.75, 3.05) is 52.9 Å². The number of rotatable bonds is 7. The Morgan fingerprint density at radius 1 is 0.968 bits per heavy atom.